The number of hydrogen-bond acceptors (Lipinski definition) is 10. The molecule has 0 saturated carbocycles. The van der Waals surface area contributed by atoms with Crippen molar-refractivity contribution in [1.82, 2.24) is 4.57 Å². The molecule has 1 atom stereocenters. The minimum Gasteiger partial charge on any atom is -0.460 e. The van der Waals surface area contributed by atoms with E-state index in [1.807, 2.05) is 24.3 Å². The van der Waals surface area contributed by atoms with Gasteiger partial charge in [0.25, 0.3) is 11.5 Å². The average Bonchev–Trinajstić information content (AvgIpc) is 3.82. The van der Waals surface area contributed by atoms with Gasteiger partial charge in [0.1, 0.15) is 16.9 Å². The van der Waals surface area contributed by atoms with E-state index in [4.69, 9.17) is 18.6 Å². The number of carbonyl (C=O) groups excluding carboxylic acids is 3. The highest BCUT2D eigenvalue weighted by Crippen LogP contribution is 2.36. The zero-order valence-corrected chi connectivity index (χ0v) is 28.4. The van der Waals surface area contributed by atoms with Crippen molar-refractivity contribution in [2.45, 2.75) is 52.0 Å². The van der Waals surface area contributed by atoms with Crippen LogP contribution in [0.1, 0.15) is 73.7 Å². The highest BCUT2D eigenvalue weighted by Gasteiger charge is 2.37. The summed E-state index contributed by atoms with van der Waals surface area (Å²) in [5.74, 6) is -1.24. The van der Waals surface area contributed by atoms with Crippen molar-refractivity contribution in [1.29, 1.82) is 0 Å². The molecule has 2 aliphatic heterocycles. The second-order valence-electron chi connectivity index (χ2n) is 11.7. The van der Waals surface area contributed by atoms with Gasteiger partial charge in [-0.3, -0.25) is 14.2 Å². The first-order valence-corrected chi connectivity index (χ1v) is 17.1. The molecule has 2 aromatic heterocycles. The van der Waals surface area contributed by atoms with E-state index < -0.39 is 23.5 Å². The van der Waals surface area contributed by atoms with Crippen LogP contribution in [0.4, 0.5) is 5.69 Å². The standard InChI is InChI=1S/C37H37N3O8S/c1-4-5-6-7-10-19-39-27-13-9-8-12-26(27)30(33(39)41)32-34(42)40-31(29(23(2)38-37(40)49-32)36(44)47-22-21-45-3)24-15-17-25(18-16-24)48-35(43)28-14-11-20-46-28/h8-9,11-18,20,31H,4-7,10,19,21-22H2,1-3H3/b32-30+. The van der Waals surface area contributed by atoms with E-state index in [1.165, 1.54) is 24.0 Å². The summed E-state index contributed by atoms with van der Waals surface area (Å²) in [6.07, 6.45) is 6.64. The van der Waals surface area contributed by atoms with Crippen molar-refractivity contribution in [2.75, 3.05) is 31.8 Å². The molecule has 0 radical (unpaired) electrons. The highest BCUT2D eigenvalue weighted by atomic mass is 32.1. The number of rotatable bonds is 13. The molecule has 11 nitrogen and oxygen atoms in total. The molecular weight excluding hydrogens is 646 g/mol. The lowest BCUT2D eigenvalue weighted by Crippen LogP contribution is -2.41. The summed E-state index contributed by atoms with van der Waals surface area (Å²) in [5, 5.41) is 0. The lowest BCUT2D eigenvalue weighted by Gasteiger charge is -2.25. The zero-order chi connectivity index (χ0) is 34.5. The van der Waals surface area contributed by atoms with E-state index in [0.29, 0.717) is 33.7 Å². The van der Waals surface area contributed by atoms with Gasteiger partial charge in [-0.15, -0.1) is 0 Å². The Hall–Kier alpha value is -5.07. The highest BCUT2D eigenvalue weighted by molar-refractivity contribution is 7.07. The number of aromatic nitrogens is 1. The summed E-state index contributed by atoms with van der Waals surface area (Å²) in [6, 6.07) is 16.2. The molecule has 0 spiro atoms. The van der Waals surface area contributed by atoms with E-state index >= 15 is 0 Å². The molecule has 4 heterocycles. The Bertz CT molecular complexity index is 2080. The number of fused-ring (bicyclic) bond motifs is 2. The van der Waals surface area contributed by atoms with Crippen molar-refractivity contribution >= 4 is 40.4 Å². The Morgan fingerprint density at radius 1 is 0.939 bits per heavy atom. The predicted octanol–water partition coefficient (Wildman–Crippen LogP) is 4.92. The van der Waals surface area contributed by atoms with Crippen molar-refractivity contribution in [3.63, 3.8) is 0 Å². The third kappa shape index (κ3) is 6.79. The van der Waals surface area contributed by atoms with E-state index in [-0.39, 0.29) is 40.7 Å². The lowest BCUT2D eigenvalue weighted by atomic mass is 9.96. The number of amides is 1. The molecule has 0 bridgehead atoms. The number of para-hydroxylation sites is 1. The molecule has 6 rings (SSSR count). The molecule has 2 aromatic carbocycles. The second-order valence-corrected chi connectivity index (χ2v) is 12.7. The molecule has 0 saturated heterocycles. The van der Waals surface area contributed by atoms with Crippen LogP contribution in [-0.4, -0.2) is 49.3 Å². The number of methoxy groups -OCH3 is 1. The van der Waals surface area contributed by atoms with Gasteiger partial charge in [0.15, 0.2) is 4.80 Å². The third-order valence-electron chi connectivity index (χ3n) is 8.50. The zero-order valence-electron chi connectivity index (χ0n) is 27.6. The largest absolute Gasteiger partial charge is 0.460 e. The first-order valence-electron chi connectivity index (χ1n) is 16.3. The van der Waals surface area contributed by atoms with Crippen molar-refractivity contribution in [3.05, 3.63) is 115 Å². The van der Waals surface area contributed by atoms with E-state index in [1.54, 1.807) is 42.2 Å². The lowest BCUT2D eigenvalue weighted by molar-refractivity contribution is -0.140. The first-order chi connectivity index (χ1) is 23.8. The van der Waals surface area contributed by atoms with E-state index in [2.05, 4.69) is 11.9 Å². The molecule has 0 aliphatic carbocycles. The van der Waals surface area contributed by atoms with Crippen LogP contribution in [-0.2, 0) is 19.1 Å². The number of furan rings is 1. The fourth-order valence-electron chi connectivity index (χ4n) is 6.11. The van der Waals surface area contributed by atoms with Crippen LogP contribution >= 0.6 is 11.3 Å². The number of benzene rings is 2. The number of hydrogen-bond donors (Lipinski definition) is 0. The number of anilines is 1. The SMILES string of the molecule is CCCCCCCN1C(=O)/C(=c2/sc3n(c2=O)C(c2ccc(OC(=O)c4ccco4)cc2)C(C(=O)OCCOC)=C(C)N=3)c2ccccc21. The topological polar surface area (TPSA) is 130 Å². The molecule has 1 amide bonds. The van der Waals surface area contributed by atoms with Crippen molar-refractivity contribution < 1.29 is 33.0 Å². The van der Waals surface area contributed by atoms with Crippen LogP contribution in [0.5, 0.6) is 5.75 Å². The normalized spacial score (nSPS) is 16.3. The van der Waals surface area contributed by atoms with Crippen LogP contribution < -0.4 is 24.5 Å². The fraction of sp³-hybridized carbons (Fsp3) is 0.324. The number of allylic oxidation sites excluding steroid dienone is 1. The van der Waals surface area contributed by atoms with Gasteiger partial charge >= 0.3 is 11.9 Å². The Balaban J connectivity index is 1.43. The molecule has 254 valence electrons. The monoisotopic (exact) mass is 683 g/mol. The molecule has 12 heteroatoms. The van der Waals surface area contributed by atoms with Crippen LogP contribution in [0.25, 0.3) is 5.57 Å². The number of ether oxygens (including phenoxy) is 3. The quantitative estimate of drug-likeness (QED) is 0.110. The van der Waals surface area contributed by atoms with Crippen molar-refractivity contribution in [3.8, 4) is 5.75 Å². The maximum absolute atomic E-state index is 14.5. The average molecular weight is 684 g/mol. The van der Waals surface area contributed by atoms with Crippen LogP contribution in [0, 0.1) is 0 Å². The summed E-state index contributed by atoms with van der Waals surface area (Å²) < 4.78 is 22.9. The van der Waals surface area contributed by atoms with Gasteiger partial charge < -0.3 is 23.5 Å². The molecule has 0 N–H and O–H groups in total. The number of esters is 2. The molecule has 4 aromatic rings. The Kier molecular flexibility index (Phi) is 10.4. The van der Waals surface area contributed by atoms with Gasteiger partial charge in [-0.1, -0.05) is 74.3 Å². The van der Waals surface area contributed by atoms with Gasteiger partial charge in [-0.25, -0.2) is 14.6 Å². The second kappa shape index (κ2) is 15.0. The maximum atomic E-state index is 14.5. The minimum atomic E-state index is -0.933. The van der Waals surface area contributed by atoms with Crippen LogP contribution in [0.3, 0.4) is 0 Å². The third-order valence-corrected chi connectivity index (χ3v) is 9.56. The van der Waals surface area contributed by atoms with Gasteiger partial charge in [0, 0.05) is 19.2 Å². The summed E-state index contributed by atoms with van der Waals surface area (Å²) in [7, 11) is 1.50. The number of unbranched alkanes of at least 4 members (excludes halogenated alkanes) is 4. The summed E-state index contributed by atoms with van der Waals surface area (Å²) in [4.78, 5) is 61.4. The molecule has 1 unspecified atom stereocenters. The summed E-state index contributed by atoms with van der Waals surface area (Å²) in [5.41, 5.74) is 2.46. The Labute approximate surface area is 286 Å². The summed E-state index contributed by atoms with van der Waals surface area (Å²) in [6.45, 7) is 4.61. The smallest absolute Gasteiger partial charge is 0.379 e. The Morgan fingerprint density at radius 3 is 2.45 bits per heavy atom. The van der Waals surface area contributed by atoms with Crippen LogP contribution in [0.15, 0.2) is 92.4 Å². The first kappa shape index (κ1) is 33.8. The van der Waals surface area contributed by atoms with Gasteiger partial charge in [0.2, 0.25) is 5.76 Å². The maximum Gasteiger partial charge on any atom is 0.379 e. The number of thiazole rings is 1. The van der Waals surface area contributed by atoms with E-state index in [0.717, 1.165) is 49.1 Å². The van der Waals surface area contributed by atoms with Gasteiger partial charge in [0.05, 0.1) is 41.4 Å². The molecule has 2 aliphatic rings. The number of nitrogens with zero attached hydrogens (tertiary/aromatic N) is 3. The predicted molar refractivity (Wildman–Crippen MR) is 183 cm³/mol. The number of carbonyl (C=O) groups is 3. The Morgan fingerprint density at radius 2 is 1.71 bits per heavy atom. The van der Waals surface area contributed by atoms with Crippen LogP contribution in [0.2, 0.25) is 0 Å². The van der Waals surface area contributed by atoms with Crippen molar-refractivity contribution in [2.24, 2.45) is 4.99 Å². The van der Waals surface area contributed by atoms with E-state index in [9.17, 15) is 19.2 Å². The fourth-order valence-corrected chi connectivity index (χ4v) is 7.25. The minimum absolute atomic E-state index is 0.00857. The molecule has 0 fully saturated rings. The van der Waals surface area contributed by atoms with Gasteiger partial charge in [-0.05, 0) is 49.2 Å². The van der Waals surface area contributed by atoms with Gasteiger partial charge in [-0.2, -0.15) is 0 Å². The molecular formula is C37H37N3O8S. The molecule has 49 heavy (non-hydrogen) atoms. The summed E-state index contributed by atoms with van der Waals surface area (Å²) >= 11 is 1.12.